The van der Waals surface area contributed by atoms with Gasteiger partial charge in [0.25, 0.3) is 0 Å². The van der Waals surface area contributed by atoms with E-state index in [0.717, 1.165) is 43.5 Å². The number of aromatic nitrogens is 2. The van der Waals surface area contributed by atoms with Gasteiger partial charge in [-0.2, -0.15) is 0 Å². The minimum Gasteiger partial charge on any atom is -0.366 e. The molecule has 1 aliphatic rings. The van der Waals surface area contributed by atoms with E-state index in [1.54, 1.807) is 0 Å². The third-order valence-corrected chi connectivity index (χ3v) is 3.42. The van der Waals surface area contributed by atoms with Gasteiger partial charge in [-0.25, -0.2) is 9.97 Å². The van der Waals surface area contributed by atoms with Crippen LogP contribution in [0.2, 0.25) is 0 Å². The fourth-order valence-electron chi connectivity index (χ4n) is 2.46. The Balaban J connectivity index is 2.07. The third-order valence-electron chi connectivity index (χ3n) is 3.42. The summed E-state index contributed by atoms with van der Waals surface area (Å²) >= 11 is 0. The first-order valence-electron chi connectivity index (χ1n) is 7.23. The van der Waals surface area contributed by atoms with E-state index in [9.17, 15) is 0 Å². The van der Waals surface area contributed by atoms with Crippen molar-refractivity contribution in [3.8, 4) is 0 Å². The third kappa shape index (κ3) is 4.06. The van der Waals surface area contributed by atoms with Gasteiger partial charge in [0.2, 0.25) is 0 Å². The molecule has 5 heteroatoms. The molecule has 1 aliphatic heterocycles. The fraction of sp³-hybridized carbons (Fsp3) is 0.714. The molecule has 0 aliphatic carbocycles. The predicted octanol–water partition coefficient (Wildman–Crippen LogP) is 1.80. The van der Waals surface area contributed by atoms with Crippen LogP contribution < -0.4 is 15.5 Å². The average Bonchev–Trinajstić information content (AvgIpc) is 2.39. The topological polar surface area (TPSA) is 53.1 Å². The zero-order valence-corrected chi connectivity index (χ0v) is 12.2. The zero-order chi connectivity index (χ0) is 13.7. The van der Waals surface area contributed by atoms with Crippen molar-refractivity contribution in [1.82, 2.24) is 15.3 Å². The Kier molecular flexibility index (Phi) is 4.96. The summed E-state index contributed by atoms with van der Waals surface area (Å²) in [6.45, 7) is 7.29. The molecule has 2 rings (SSSR count). The van der Waals surface area contributed by atoms with E-state index >= 15 is 0 Å². The van der Waals surface area contributed by atoms with Gasteiger partial charge < -0.3 is 15.5 Å². The number of nitrogens with one attached hydrogen (secondary N) is 2. The van der Waals surface area contributed by atoms with Crippen LogP contribution in [0.5, 0.6) is 0 Å². The van der Waals surface area contributed by atoms with Gasteiger partial charge in [0.05, 0.1) is 0 Å². The molecule has 1 unspecified atom stereocenters. The Morgan fingerprint density at radius 3 is 3.00 bits per heavy atom. The summed E-state index contributed by atoms with van der Waals surface area (Å²) in [6.07, 6.45) is 3.55. The van der Waals surface area contributed by atoms with E-state index in [4.69, 9.17) is 0 Å². The molecule has 2 heterocycles. The summed E-state index contributed by atoms with van der Waals surface area (Å²) in [6, 6.07) is 2.53. The van der Waals surface area contributed by atoms with E-state index in [-0.39, 0.29) is 0 Å². The van der Waals surface area contributed by atoms with Crippen molar-refractivity contribution in [3.63, 3.8) is 0 Å². The molecule has 1 fully saturated rings. The lowest BCUT2D eigenvalue weighted by Crippen LogP contribution is -2.38. The first-order valence-corrected chi connectivity index (χ1v) is 7.23. The number of aryl methyl sites for hydroxylation is 1. The van der Waals surface area contributed by atoms with Crippen LogP contribution in [0.25, 0.3) is 0 Å². The summed E-state index contributed by atoms with van der Waals surface area (Å²) in [5.74, 6) is 2.77. The Bertz CT molecular complexity index is 401. The van der Waals surface area contributed by atoms with Crippen LogP contribution in [0.15, 0.2) is 6.07 Å². The molecule has 0 spiro atoms. The second-order valence-corrected chi connectivity index (χ2v) is 5.27. The van der Waals surface area contributed by atoms with E-state index < -0.39 is 0 Å². The first-order chi connectivity index (χ1) is 9.19. The maximum Gasteiger partial charge on any atom is 0.134 e. The lowest BCUT2D eigenvalue weighted by atomic mass is 10.1. The van der Waals surface area contributed by atoms with Gasteiger partial charge in [-0.1, -0.05) is 6.92 Å². The average molecular weight is 263 g/mol. The number of rotatable bonds is 5. The molecular weight excluding hydrogens is 238 g/mol. The van der Waals surface area contributed by atoms with Crippen LogP contribution in [0.3, 0.4) is 0 Å². The van der Waals surface area contributed by atoms with Crippen LogP contribution in [-0.4, -0.2) is 42.7 Å². The molecule has 5 nitrogen and oxygen atoms in total. The minimum absolute atomic E-state index is 0.479. The standard InChI is InChI=1S/C14H25N5/c1-4-8-19(3)14-9-13(16-11(2)17-14)18-12-6-5-7-15-10-12/h9,12,15H,4-8,10H2,1-3H3,(H,16,17,18). The van der Waals surface area contributed by atoms with Gasteiger partial charge in [0.1, 0.15) is 17.5 Å². The maximum atomic E-state index is 4.50. The van der Waals surface area contributed by atoms with Gasteiger partial charge in [0, 0.05) is 32.2 Å². The molecule has 1 atom stereocenters. The van der Waals surface area contributed by atoms with Crippen molar-refractivity contribution in [1.29, 1.82) is 0 Å². The number of nitrogens with zero attached hydrogens (tertiary/aromatic N) is 3. The van der Waals surface area contributed by atoms with Crippen molar-refractivity contribution in [2.24, 2.45) is 0 Å². The molecule has 0 radical (unpaired) electrons. The molecule has 0 saturated carbocycles. The highest BCUT2D eigenvalue weighted by Crippen LogP contribution is 2.17. The summed E-state index contributed by atoms with van der Waals surface area (Å²) in [7, 11) is 2.08. The van der Waals surface area contributed by atoms with Crippen molar-refractivity contribution in [2.45, 2.75) is 39.2 Å². The lowest BCUT2D eigenvalue weighted by Gasteiger charge is -2.25. The Morgan fingerprint density at radius 1 is 1.47 bits per heavy atom. The molecule has 1 aromatic heterocycles. The molecule has 1 aromatic rings. The summed E-state index contributed by atoms with van der Waals surface area (Å²) < 4.78 is 0. The zero-order valence-electron chi connectivity index (χ0n) is 12.2. The Labute approximate surface area is 115 Å². The molecule has 2 N–H and O–H groups in total. The maximum absolute atomic E-state index is 4.50. The quantitative estimate of drug-likeness (QED) is 0.848. The smallest absolute Gasteiger partial charge is 0.134 e. The molecule has 0 bridgehead atoms. The number of anilines is 2. The van der Waals surface area contributed by atoms with Gasteiger partial charge >= 0.3 is 0 Å². The predicted molar refractivity (Wildman–Crippen MR) is 79.8 cm³/mol. The minimum atomic E-state index is 0.479. The molecule has 1 saturated heterocycles. The van der Waals surface area contributed by atoms with Gasteiger partial charge in [-0.15, -0.1) is 0 Å². The van der Waals surface area contributed by atoms with Crippen LogP contribution in [0, 0.1) is 6.92 Å². The SMILES string of the molecule is CCCN(C)c1cc(NC2CCCNC2)nc(C)n1. The second kappa shape index (κ2) is 6.70. The lowest BCUT2D eigenvalue weighted by molar-refractivity contribution is 0.479. The molecule has 106 valence electrons. The van der Waals surface area contributed by atoms with Crippen molar-refractivity contribution in [3.05, 3.63) is 11.9 Å². The molecule has 0 aromatic carbocycles. The van der Waals surface area contributed by atoms with E-state index in [1.165, 1.54) is 12.8 Å². The van der Waals surface area contributed by atoms with Gasteiger partial charge in [0.15, 0.2) is 0 Å². The highest BCUT2D eigenvalue weighted by Gasteiger charge is 2.14. The Hall–Kier alpha value is -1.36. The van der Waals surface area contributed by atoms with Crippen molar-refractivity contribution in [2.75, 3.05) is 36.9 Å². The molecular formula is C14H25N5. The highest BCUT2D eigenvalue weighted by molar-refractivity contribution is 5.49. The van der Waals surface area contributed by atoms with Gasteiger partial charge in [-0.3, -0.25) is 0 Å². The van der Waals surface area contributed by atoms with Crippen molar-refractivity contribution < 1.29 is 0 Å². The Morgan fingerprint density at radius 2 is 2.32 bits per heavy atom. The first kappa shape index (κ1) is 14.1. The molecule has 0 amide bonds. The monoisotopic (exact) mass is 263 g/mol. The number of hydrogen-bond donors (Lipinski definition) is 2. The largest absolute Gasteiger partial charge is 0.366 e. The number of piperidine rings is 1. The summed E-state index contributed by atoms with van der Waals surface area (Å²) in [5.41, 5.74) is 0. The summed E-state index contributed by atoms with van der Waals surface area (Å²) in [4.78, 5) is 11.2. The van der Waals surface area contributed by atoms with Crippen molar-refractivity contribution >= 4 is 11.6 Å². The molecule has 19 heavy (non-hydrogen) atoms. The van der Waals surface area contributed by atoms with Crippen LogP contribution in [-0.2, 0) is 0 Å². The van der Waals surface area contributed by atoms with E-state index in [2.05, 4.69) is 45.5 Å². The number of hydrogen-bond acceptors (Lipinski definition) is 5. The fourth-order valence-corrected chi connectivity index (χ4v) is 2.46. The van der Waals surface area contributed by atoms with Crippen LogP contribution >= 0.6 is 0 Å². The normalized spacial score (nSPS) is 19.2. The van der Waals surface area contributed by atoms with Crippen LogP contribution in [0.4, 0.5) is 11.6 Å². The van der Waals surface area contributed by atoms with Gasteiger partial charge in [-0.05, 0) is 32.7 Å². The highest BCUT2D eigenvalue weighted by atomic mass is 15.2. The van der Waals surface area contributed by atoms with E-state index in [1.807, 2.05) is 6.92 Å². The van der Waals surface area contributed by atoms with E-state index in [0.29, 0.717) is 6.04 Å². The van der Waals surface area contributed by atoms with Crippen LogP contribution in [0.1, 0.15) is 32.0 Å². The second-order valence-electron chi connectivity index (χ2n) is 5.27. The summed E-state index contributed by atoms with van der Waals surface area (Å²) in [5, 5.41) is 6.93.